The molecule has 0 radical (unpaired) electrons. The van der Waals surface area contributed by atoms with Crippen LogP contribution in [0.4, 0.5) is 0 Å². The highest BCUT2D eigenvalue weighted by molar-refractivity contribution is 7.21. The van der Waals surface area contributed by atoms with Crippen molar-refractivity contribution >= 4 is 48.7 Å². The summed E-state index contributed by atoms with van der Waals surface area (Å²) >= 11 is 1.63. The van der Waals surface area contributed by atoms with E-state index < -0.39 is 0 Å². The summed E-state index contributed by atoms with van der Waals surface area (Å²) < 4.78 is 3.38. The van der Waals surface area contributed by atoms with Gasteiger partial charge in [0.15, 0.2) is 0 Å². The minimum Gasteiger partial charge on any atom is -0.507 e. The van der Waals surface area contributed by atoms with Crippen LogP contribution in [0.3, 0.4) is 0 Å². The van der Waals surface area contributed by atoms with Crippen molar-refractivity contribution in [2.45, 2.75) is 89.9 Å². The van der Waals surface area contributed by atoms with Gasteiger partial charge in [-0.1, -0.05) is 82.5 Å². The summed E-state index contributed by atoms with van der Waals surface area (Å²) in [5.74, 6) is 0.966. The molecule has 54 heavy (non-hydrogen) atoms. The van der Waals surface area contributed by atoms with E-state index in [-0.39, 0.29) is 11.2 Å². The van der Waals surface area contributed by atoms with E-state index in [1.54, 1.807) is 11.3 Å². The summed E-state index contributed by atoms with van der Waals surface area (Å²) in [5, 5.41) is 15.4. The largest absolute Gasteiger partial charge is 0.507 e. The maximum absolute atomic E-state index is 11.2. The lowest BCUT2D eigenvalue weighted by Gasteiger charge is -2.43. The van der Waals surface area contributed by atoms with Crippen LogP contribution in [0.1, 0.15) is 95.6 Å². The smallest absolute Gasteiger partial charge is 0.128 e. The Bertz CT molecular complexity index is 2700. The topological polar surface area (TPSA) is 50.4 Å². The van der Waals surface area contributed by atoms with Gasteiger partial charge in [0.05, 0.1) is 32.5 Å². The van der Waals surface area contributed by atoms with Crippen LogP contribution in [-0.4, -0.2) is 19.5 Å². The minimum absolute atomic E-state index is 0.0506. The molecule has 1 spiro atoms. The van der Waals surface area contributed by atoms with Crippen molar-refractivity contribution in [1.29, 1.82) is 0 Å². The van der Waals surface area contributed by atoms with Crippen molar-refractivity contribution in [2.75, 3.05) is 0 Å². The monoisotopic (exact) mass is 725 g/mol. The van der Waals surface area contributed by atoms with Crippen LogP contribution < -0.4 is 0 Å². The van der Waals surface area contributed by atoms with Gasteiger partial charge in [-0.05, 0) is 132 Å². The van der Waals surface area contributed by atoms with Crippen LogP contribution in [0.2, 0.25) is 0 Å². The second kappa shape index (κ2) is 12.8. The number of hydrogen-bond acceptors (Lipinski definition) is 4. The van der Waals surface area contributed by atoms with E-state index in [9.17, 15) is 5.11 Å². The maximum Gasteiger partial charge on any atom is 0.128 e. The van der Waals surface area contributed by atoms with Crippen LogP contribution in [0.25, 0.3) is 70.4 Å². The van der Waals surface area contributed by atoms with Crippen LogP contribution in [0, 0.1) is 5.41 Å². The van der Waals surface area contributed by atoms with Gasteiger partial charge in [-0.3, -0.25) is 4.98 Å². The number of aromatic nitrogens is 3. The van der Waals surface area contributed by atoms with E-state index in [1.165, 1.54) is 74.5 Å². The van der Waals surface area contributed by atoms with Crippen molar-refractivity contribution in [3.8, 4) is 38.7 Å². The fraction of sp³-hybridized carbons (Fsp3) is 0.306. The van der Waals surface area contributed by atoms with Gasteiger partial charge >= 0.3 is 0 Å². The normalized spacial score (nSPS) is 16.6. The van der Waals surface area contributed by atoms with E-state index >= 15 is 0 Å². The van der Waals surface area contributed by atoms with Crippen LogP contribution in [0.15, 0.2) is 109 Å². The lowest BCUT2D eigenvalue weighted by atomic mass is 9.62. The molecule has 0 bridgehead atoms. The van der Waals surface area contributed by atoms with E-state index in [4.69, 9.17) is 9.97 Å². The molecular formula is C49H47N3OS. The molecule has 2 saturated carbocycles. The Hall–Kier alpha value is -5.00. The quantitative estimate of drug-likeness (QED) is 0.184. The fourth-order valence-electron chi connectivity index (χ4n) is 9.77. The number of benzene rings is 4. The van der Waals surface area contributed by atoms with Gasteiger partial charge in [0.2, 0.25) is 0 Å². The summed E-state index contributed by atoms with van der Waals surface area (Å²) in [6, 6.07) is 35.2. The number of hydrogen-bond donors (Lipinski definition) is 1. The highest BCUT2D eigenvalue weighted by atomic mass is 32.1. The van der Waals surface area contributed by atoms with Gasteiger partial charge in [-0.25, -0.2) is 4.98 Å². The molecule has 2 aliphatic rings. The molecule has 0 atom stereocenters. The zero-order chi connectivity index (χ0) is 36.6. The SMILES string of the molecule is CC(C)(C)c1ccc(-c2nc3c(ccc4c3c3cc(-c5cc(-c6ccc(C7CCC8(CCCCC8)CC7)cc6)ccn5)ccc3n3cccc43)s2)c(O)c1. The molecule has 2 aliphatic carbocycles. The summed E-state index contributed by atoms with van der Waals surface area (Å²) in [5.41, 5.74) is 11.7. The first kappa shape index (κ1) is 33.6. The standard InChI is InChI=1S/C49H47N3OS/c1-48(2,3)36-14-15-38(43(53)30-36)47-51-46-44(54-47)18-16-37-41-8-7-27-52(41)42-17-13-35(28-39(42)45(37)46)40-29-34(21-26-50-40)32-11-9-31(10-12-32)33-19-24-49(25-20-33)22-5-4-6-23-49/h7-18,21,26-30,33,53H,4-6,19-20,22-25H2,1-3H3. The molecule has 1 N–H and O–H groups in total. The Morgan fingerprint density at radius 2 is 1.52 bits per heavy atom. The molecule has 8 aromatic rings. The summed E-state index contributed by atoms with van der Waals surface area (Å²) in [7, 11) is 0. The highest BCUT2D eigenvalue weighted by Crippen LogP contribution is 2.51. The molecule has 4 heterocycles. The van der Waals surface area contributed by atoms with E-state index in [0.717, 1.165) is 64.8 Å². The van der Waals surface area contributed by atoms with Gasteiger partial charge < -0.3 is 9.51 Å². The number of nitrogens with zero attached hydrogens (tertiary/aromatic N) is 3. The van der Waals surface area contributed by atoms with Gasteiger partial charge in [0, 0.05) is 34.1 Å². The Morgan fingerprint density at radius 3 is 2.30 bits per heavy atom. The first-order valence-electron chi connectivity index (χ1n) is 19.9. The van der Waals surface area contributed by atoms with Crippen LogP contribution in [0.5, 0.6) is 5.75 Å². The van der Waals surface area contributed by atoms with Gasteiger partial charge in [0.1, 0.15) is 10.8 Å². The predicted molar refractivity (Wildman–Crippen MR) is 227 cm³/mol. The lowest BCUT2D eigenvalue weighted by Crippen LogP contribution is -2.29. The number of phenols is 1. The molecule has 0 aliphatic heterocycles. The third-order valence-corrected chi connectivity index (χ3v) is 14.0. The lowest BCUT2D eigenvalue weighted by molar-refractivity contribution is 0.114. The zero-order valence-corrected chi connectivity index (χ0v) is 32.3. The van der Waals surface area contributed by atoms with E-state index in [2.05, 4.69) is 116 Å². The van der Waals surface area contributed by atoms with Crippen LogP contribution >= 0.6 is 11.3 Å². The van der Waals surface area contributed by atoms with Crippen molar-refractivity contribution in [1.82, 2.24) is 14.4 Å². The van der Waals surface area contributed by atoms with E-state index in [0.29, 0.717) is 11.3 Å². The molecule has 4 aromatic heterocycles. The highest BCUT2D eigenvalue weighted by Gasteiger charge is 2.36. The average molecular weight is 726 g/mol. The predicted octanol–water partition coefficient (Wildman–Crippen LogP) is 13.9. The number of thiazole rings is 1. The maximum atomic E-state index is 11.2. The summed E-state index contributed by atoms with van der Waals surface area (Å²) in [6.07, 6.45) is 16.8. The molecule has 2 fully saturated rings. The first-order chi connectivity index (χ1) is 26.2. The number of fused-ring (bicyclic) bond motifs is 8. The second-order valence-electron chi connectivity index (χ2n) is 17.2. The molecular weight excluding hydrogens is 679 g/mol. The number of rotatable bonds is 4. The third kappa shape index (κ3) is 5.71. The van der Waals surface area contributed by atoms with Crippen LogP contribution in [-0.2, 0) is 5.41 Å². The molecule has 0 saturated heterocycles. The Labute approximate surface area is 321 Å². The molecule has 4 nitrogen and oxygen atoms in total. The van der Waals surface area contributed by atoms with Gasteiger partial charge in [0.25, 0.3) is 0 Å². The Balaban J connectivity index is 1.02. The Kier molecular flexibility index (Phi) is 7.96. The Morgan fingerprint density at radius 1 is 0.741 bits per heavy atom. The summed E-state index contributed by atoms with van der Waals surface area (Å²) in [6.45, 7) is 6.49. The molecule has 5 heteroatoms. The van der Waals surface area contributed by atoms with Gasteiger partial charge in [-0.15, -0.1) is 11.3 Å². The number of phenolic OH excluding ortho intramolecular Hbond substituents is 1. The zero-order valence-electron chi connectivity index (χ0n) is 31.5. The van der Waals surface area contributed by atoms with Crippen molar-refractivity contribution < 1.29 is 5.11 Å². The first-order valence-corrected chi connectivity index (χ1v) is 20.7. The van der Waals surface area contributed by atoms with E-state index in [1.807, 2.05) is 18.3 Å². The molecule has 0 unspecified atom stereocenters. The minimum atomic E-state index is -0.0506. The molecule has 0 amide bonds. The average Bonchev–Trinajstić information content (AvgIpc) is 3.87. The second-order valence-corrected chi connectivity index (χ2v) is 18.2. The summed E-state index contributed by atoms with van der Waals surface area (Å²) in [4.78, 5) is 10.2. The third-order valence-electron chi connectivity index (χ3n) is 12.9. The molecule has 10 rings (SSSR count). The fourth-order valence-corrected chi connectivity index (χ4v) is 10.8. The molecule has 270 valence electrons. The van der Waals surface area contributed by atoms with Gasteiger partial charge in [-0.2, -0.15) is 0 Å². The number of aromatic hydroxyl groups is 1. The van der Waals surface area contributed by atoms with Crippen molar-refractivity contribution in [2.24, 2.45) is 5.41 Å². The van der Waals surface area contributed by atoms with Crippen molar-refractivity contribution in [3.05, 3.63) is 121 Å². The van der Waals surface area contributed by atoms with Crippen molar-refractivity contribution in [3.63, 3.8) is 0 Å². The number of pyridine rings is 2. The molecule has 4 aromatic carbocycles.